The van der Waals surface area contributed by atoms with Crippen molar-refractivity contribution in [2.24, 2.45) is 5.92 Å². The first kappa shape index (κ1) is 17.8. The van der Waals surface area contributed by atoms with Crippen molar-refractivity contribution < 1.29 is 18.0 Å². The largest absolute Gasteiger partial charge is 0.417 e. The summed E-state index contributed by atoms with van der Waals surface area (Å²) in [5.74, 6) is 0.488. The van der Waals surface area contributed by atoms with Crippen LogP contribution < -0.4 is 4.90 Å². The molecule has 2 fully saturated rings. The third-order valence-electron chi connectivity index (χ3n) is 5.46. The normalized spacial score (nSPS) is 22.6. The molecular weight excluding hydrogens is 357 g/mol. The summed E-state index contributed by atoms with van der Waals surface area (Å²) < 4.78 is 40.0. The minimum Gasteiger partial charge on any atom is -0.353 e. The zero-order valence-electron chi connectivity index (χ0n) is 14.6. The van der Waals surface area contributed by atoms with Gasteiger partial charge in [0.25, 0.3) is 5.91 Å². The van der Waals surface area contributed by atoms with Gasteiger partial charge in [-0.15, -0.1) is 0 Å². The Bertz CT molecular complexity index is 827. The Kier molecular flexibility index (Phi) is 4.49. The van der Waals surface area contributed by atoms with Crippen LogP contribution in [0, 0.1) is 5.92 Å². The fraction of sp³-hybridized carbons (Fsp3) is 0.421. The van der Waals surface area contributed by atoms with Crippen LogP contribution in [0.2, 0.25) is 0 Å². The summed E-state index contributed by atoms with van der Waals surface area (Å²) in [7, 11) is 0. The van der Waals surface area contributed by atoms with Gasteiger partial charge in [0.2, 0.25) is 0 Å². The number of hydrogen-bond donors (Lipinski definition) is 0. The number of benzene rings is 1. The summed E-state index contributed by atoms with van der Waals surface area (Å²) in [5, 5.41) is 0. The second-order valence-electron chi connectivity index (χ2n) is 6.96. The number of amides is 1. The molecule has 1 aromatic heterocycles. The molecule has 2 unspecified atom stereocenters. The van der Waals surface area contributed by atoms with E-state index in [2.05, 4.69) is 14.9 Å². The molecule has 2 aromatic rings. The van der Waals surface area contributed by atoms with Crippen molar-refractivity contribution in [3.05, 3.63) is 54.0 Å². The van der Waals surface area contributed by atoms with Gasteiger partial charge in [0, 0.05) is 32.0 Å². The highest BCUT2D eigenvalue weighted by Gasteiger charge is 2.43. The third-order valence-corrected chi connectivity index (χ3v) is 5.46. The van der Waals surface area contributed by atoms with Gasteiger partial charge in [-0.3, -0.25) is 9.78 Å². The topological polar surface area (TPSA) is 49.3 Å². The predicted octanol–water partition coefficient (Wildman–Crippen LogP) is 3.24. The molecule has 4 rings (SSSR count). The van der Waals surface area contributed by atoms with Crippen LogP contribution in [0.3, 0.4) is 0 Å². The first-order chi connectivity index (χ1) is 12.9. The molecule has 1 aromatic carbocycles. The molecule has 0 spiro atoms. The van der Waals surface area contributed by atoms with Crippen molar-refractivity contribution in [2.75, 3.05) is 24.5 Å². The Morgan fingerprint density at radius 2 is 1.89 bits per heavy atom. The number of hydrogen-bond acceptors (Lipinski definition) is 4. The minimum absolute atomic E-state index is 0.116. The SMILES string of the molecule is O=C(c1ccccc1C(F)(F)F)N1CCC2CCN(c3cnccn3)CC21. The molecule has 2 saturated heterocycles. The Morgan fingerprint density at radius 1 is 1.11 bits per heavy atom. The lowest BCUT2D eigenvalue weighted by Gasteiger charge is -2.39. The number of likely N-dealkylation sites (tertiary alicyclic amines) is 1. The van der Waals surface area contributed by atoms with Crippen molar-refractivity contribution in [3.8, 4) is 0 Å². The number of aromatic nitrogens is 2. The maximum atomic E-state index is 13.3. The van der Waals surface area contributed by atoms with Gasteiger partial charge < -0.3 is 9.80 Å². The number of alkyl halides is 3. The second kappa shape index (κ2) is 6.83. The van der Waals surface area contributed by atoms with Crippen LogP contribution in [0.1, 0.15) is 28.8 Å². The van der Waals surface area contributed by atoms with Gasteiger partial charge in [-0.2, -0.15) is 13.2 Å². The van der Waals surface area contributed by atoms with Crippen LogP contribution in [-0.4, -0.2) is 46.5 Å². The molecule has 0 radical (unpaired) electrons. The Balaban J connectivity index is 1.59. The molecule has 8 heteroatoms. The number of anilines is 1. The molecule has 27 heavy (non-hydrogen) atoms. The predicted molar refractivity (Wildman–Crippen MR) is 93.2 cm³/mol. The molecule has 5 nitrogen and oxygen atoms in total. The highest BCUT2D eigenvalue weighted by molar-refractivity contribution is 5.96. The molecule has 2 aliphatic rings. The van der Waals surface area contributed by atoms with Gasteiger partial charge in [0.1, 0.15) is 5.82 Å². The summed E-state index contributed by atoms with van der Waals surface area (Å²) in [4.78, 5) is 25.0. The molecular formula is C19H19F3N4O. The summed E-state index contributed by atoms with van der Waals surface area (Å²) in [6.45, 7) is 1.85. The van der Waals surface area contributed by atoms with Crippen molar-refractivity contribution in [1.29, 1.82) is 0 Å². The van der Waals surface area contributed by atoms with Gasteiger partial charge in [0.05, 0.1) is 23.4 Å². The lowest BCUT2D eigenvalue weighted by atomic mass is 9.92. The second-order valence-corrected chi connectivity index (χ2v) is 6.96. The van der Waals surface area contributed by atoms with E-state index in [1.165, 1.54) is 18.2 Å². The zero-order chi connectivity index (χ0) is 19.0. The van der Waals surface area contributed by atoms with Crippen LogP contribution >= 0.6 is 0 Å². The molecule has 3 heterocycles. The summed E-state index contributed by atoms with van der Waals surface area (Å²) in [6.07, 6.45) is 2.02. The molecule has 0 bridgehead atoms. The van der Waals surface area contributed by atoms with Gasteiger partial charge in [-0.05, 0) is 30.9 Å². The highest BCUT2D eigenvalue weighted by Crippen LogP contribution is 2.37. The first-order valence-electron chi connectivity index (χ1n) is 8.93. The van der Waals surface area contributed by atoms with E-state index >= 15 is 0 Å². The van der Waals surface area contributed by atoms with Crippen LogP contribution in [0.4, 0.5) is 19.0 Å². The molecule has 142 valence electrons. The van der Waals surface area contributed by atoms with Crippen LogP contribution in [0.15, 0.2) is 42.9 Å². The van der Waals surface area contributed by atoms with E-state index in [0.717, 1.165) is 31.3 Å². The molecule has 2 aliphatic heterocycles. The average molecular weight is 376 g/mol. The highest BCUT2D eigenvalue weighted by atomic mass is 19.4. The van der Waals surface area contributed by atoms with Gasteiger partial charge in [-0.1, -0.05) is 12.1 Å². The molecule has 1 amide bonds. The number of piperidine rings is 1. The third kappa shape index (κ3) is 3.36. The quantitative estimate of drug-likeness (QED) is 0.808. The molecule has 0 N–H and O–H groups in total. The van der Waals surface area contributed by atoms with Crippen molar-refractivity contribution in [2.45, 2.75) is 25.1 Å². The first-order valence-corrected chi connectivity index (χ1v) is 8.93. The maximum Gasteiger partial charge on any atom is 0.417 e. The van der Waals surface area contributed by atoms with Crippen molar-refractivity contribution in [1.82, 2.24) is 14.9 Å². The van der Waals surface area contributed by atoms with E-state index in [4.69, 9.17) is 0 Å². The number of fused-ring (bicyclic) bond motifs is 1. The number of carbonyl (C=O) groups excluding carboxylic acids is 1. The average Bonchev–Trinajstić information content (AvgIpc) is 3.10. The standard InChI is InChI=1S/C19H19F3N4O/c20-19(21,22)15-4-2-1-3-14(15)18(27)26-10-6-13-5-9-25(12-16(13)26)17-11-23-7-8-24-17/h1-4,7-8,11,13,16H,5-6,9-10,12H2. The monoisotopic (exact) mass is 376 g/mol. The van der Waals surface area contributed by atoms with Crippen LogP contribution in [0.25, 0.3) is 0 Å². The molecule has 2 atom stereocenters. The van der Waals surface area contributed by atoms with E-state index in [1.807, 2.05) is 0 Å². The smallest absolute Gasteiger partial charge is 0.353 e. The number of carbonyl (C=O) groups is 1. The van der Waals surface area contributed by atoms with Crippen molar-refractivity contribution in [3.63, 3.8) is 0 Å². The van der Waals surface area contributed by atoms with Gasteiger partial charge in [-0.25, -0.2) is 4.98 Å². The van der Waals surface area contributed by atoms with Gasteiger partial charge in [0.15, 0.2) is 0 Å². The maximum absolute atomic E-state index is 13.3. The Morgan fingerprint density at radius 3 is 2.63 bits per heavy atom. The molecule has 0 aliphatic carbocycles. The van der Waals surface area contributed by atoms with E-state index in [9.17, 15) is 18.0 Å². The van der Waals surface area contributed by atoms with E-state index in [-0.39, 0.29) is 11.6 Å². The number of halogens is 3. The summed E-state index contributed by atoms with van der Waals surface area (Å²) in [5.41, 5.74) is -1.15. The van der Waals surface area contributed by atoms with E-state index in [0.29, 0.717) is 19.0 Å². The number of rotatable bonds is 2. The molecule has 0 saturated carbocycles. The Labute approximate surface area is 154 Å². The summed E-state index contributed by atoms with van der Waals surface area (Å²) in [6, 6.07) is 4.90. The minimum atomic E-state index is -4.55. The summed E-state index contributed by atoms with van der Waals surface area (Å²) >= 11 is 0. The lowest BCUT2D eigenvalue weighted by molar-refractivity contribution is -0.138. The fourth-order valence-electron chi connectivity index (χ4n) is 4.13. The number of nitrogens with zero attached hydrogens (tertiary/aromatic N) is 4. The van der Waals surface area contributed by atoms with Crippen LogP contribution in [0.5, 0.6) is 0 Å². The van der Waals surface area contributed by atoms with Crippen LogP contribution in [-0.2, 0) is 6.18 Å². The van der Waals surface area contributed by atoms with E-state index < -0.39 is 17.6 Å². The van der Waals surface area contributed by atoms with Gasteiger partial charge >= 0.3 is 6.18 Å². The van der Waals surface area contributed by atoms with E-state index in [1.54, 1.807) is 23.5 Å². The lowest BCUT2D eigenvalue weighted by Crippen LogP contribution is -2.50. The Hall–Kier alpha value is -2.64. The van der Waals surface area contributed by atoms with Crippen molar-refractivity contribution >= 4 is 11.7 Å². The fourth-order valence-corrected chi connectivity index (χ4v) is 4.13. The zero-order valence-corrected chi connectivity index (χ0v) is 14.6.